The van der Waals surface area contributed by atoms with Crippen molar-refractivity contribution in [1.29, 1.82) is 0 Å². The maximum absolute atomic E-state index is 12.7. The van der Waals surface area contributed by atoms with Crippen LogP contribution in [-0.2, 0) is 14.3 Å². The van der Waals surface area contributed by atoms with Gasteiger partial charge in [-0.15, -0.1) is 0 Å². The summed E-state index contributed by atoms with van der Waals surface area (Å²) < 4.78 is 5.06. The first-order valence-electron chi connectivity index (χ1n) is 8.57. The molecule has 1 heterocycles. The van der Waals surface area contributed by atoms with Gasteiger partial charge in [-0.3, -0.25) is 9.59 Å². The molecule has 2 aromatic rings. The van der Waals surface area contributed by atoms with Crippen LogP contribution in [0.5, 0.6) is 5.75 Å². The number of rotatable bonds is 5. The lowest BCUT2D eigenvalue weighted by Crippen LogP contribution is -2.32. The third-order valence-electron chi connectivity index (χ3n) is 4.59. The quantitative estimate of drug-likeness (QED) is 0.482. The number of likely N-dealkylation sites (tertiary alicyclic amines) is 1. The van der Waals surface area contributed by atoms with Crippen LogP contribution in [0.2, 0.25) is 0 Å². The topological polar surface area (TPSA) is 87.1 Å². The highest BCUT2D eigenvalue weighted by atomic mass is 16.5. The van der Waals surface area contributed by atoms with Crippen molar-refractivity contribution in [3.63, 3.8) is 0 Å². The molecule has 27 heavy (non-hydrogen) atoms. The summed E-state index contributed by atoms with van der Waals surface area (Å²) in [4.78, 5) is 26.7. The van der Waals surface area contributed by atoms with E-state index in [2.05, 4.69) is 0 Å². The van der Waals surface area contributed by atoms with Crippen LogP contribution >= 0.6 is 0 Å². The van der Waals surface area contributed by atoms with Crippen LogP contribution in [-0.4, -0.2) is 47.1 Å². The normalized spacial score (nSPS) is 18.9. The van der Waals surface area contributed by atoms with E-state index in [-0.39, 0.29) is 30.2 Å². The fourth-order valence-corrected chi connectivity index (χ4v) is 3.21. The second kappa shape index (κ2) is 7.63. The Kier molecular flexibility index (Phi) is 5.28. The number of carbonyl (C=O) groups is 2. The van der Waals surface area contributed by atoms with Gasteiger partial charge in [0.15, 0.2) is 0 Å². The van der Waals surface area contributed by atoms with Crippen molar-refractivity contribution in [2.45, 2.75) is 13.0 Å². The highest BCUT2D eigenvalue weighted by Crippen LogP contribution is 2.39. The van der Waals surface area contributed by atoms with Gasteiger partial charge in [-0.2, -0.15) is 0 Å². The minimum Gasteiger partial charge on any atom is -0.508 e. The summed E-state index contributed by atoms with van der Waals surface area (Å²) in [7, 11) is 1.51. The van der Waals surface area contributed by atoms with Crippen molar-refractivity contribution in [2.75, 3.05) is 20.3 Å². The summed E-state index contributed by atoms with van der Waals surface area (Å²) in [5, 5.41) is 20.7. The van der Waals surface area contributed by atoms with Crippen molar-refractivity contribution in [3.05, 3.63) is 70.8 Å². The fourth-order valence-electron chi connectivity index (χ4n) is 3.21. The van der Waals surface area contributed by atoms with Crippen LogP contribution in [0.4, 0.5) is 0 Å². The Labute approximate surface area is 157 Å². The third-order valence-corrected chi connectivity index (χ3v) is 4.59. The van der Waals surface area contributed by atoms with Crippen molar-refractivity contribution in [1.82, 2.24) is 4.90 Å². The van der Waals surface area contributed by atoms with Crippen LogP contribution in [0.15, 0.2) is 54.1 Å². The first-order chi connectivity index (χ1) is 12.9. The van der Waals surface area contributed by atoms with E-state index in [0.717, 1.165) is 5.56 Å². The van der Waals surface area contributed by atoms with Gasteiger partial charge in [0.25, 0.3) is 11.7 Å². The minimum atomic E-state index is -0.798. The molecule has 6 heteroatoms. The monoisotopic (exact) mass is 367 g/mol. The molecule has 1 unspecified atom stereocenters. The zero-order valence-corrected chi connectivity index (χ0v) is 15.2. The number of carbonyl (C=O) groups excluding carboxylic acids is 2. The van der Waals surface area contributed by atoms with Crippen molar-refractivity contribution < 1.29 is 24.5 Å². The Balaban J connectivity index is 2.16. The van der Waals surface area contributed by atoms with E-state index in [9.17, 15) is 19.8 Å². The molecule has 1 saturated heterocycles. The summed E-state index contributed by atoms with van der Waals surface area (Å²) >= 11 is 0. The smallest absolute Gasteiger partial charge is 0.295 e. The minimum absolute atomic E-state index is 0.00514. The second-order valence-electron chi connectivity index (χ2n) is 6.45. The Morgan fingerprint density at radius 3 is 2.48 bits per heavy atom. The van der Waals surface area contributed by atoms with Crippen LogP contribution in [0.25, 0.3) is 5.76 Å². The molecule has 1 atom stereocenters. The van der Waals surface area contributed by atoms with Crippen molar-refractivity contribution in [2.24, 2.45) is 0 Å². The highest BCUT2D eigenvalue weighted by Gasteiger charge is 2.45. The number of phenolic OH excluding ortho intramolecular Hbond substituents is 1. The molecule has 1 fully saturated rings. The molecule has 2 aromatic carbocycles. The molecule has 0 bridgehead atoms. The number of nitrogens with zero attached hydrogens (tertiary/aromatic N) is 1. The van der Waals surface area contributed by atoms with Gasteiger partial charge in [-0.1, -0.05) is 42.0 Å². The molecule has 0 saturated carbocycles. The number of aliphatic hydroxyl groups excluding tert-OH is 1. The predicted octanol–water partition coefficient (Wildman–Crippen LogP) is 2.77. The van der Waals surface area contributed by atoms with Gasteiger partial charge in [-0.25, -0.2) is 0 Å². The summed E-state index contributed by atoms with van der Waals surface area (Å²) in [6.45, 7) is 2.35. The molecule has 1 aliphatic rings. The largest absolute Gasteiger partial charge is 0.508 e. The Hall–Kier alpha value is -3.12. The number of amides is 1. The van der Waals surface area contributed by atoms with Crippen LogP contribution in [0, 0.1) is 6.92 Å². The number of phenols is 1. The number of aromatic hydroxyl groups is 1. The summed E-state index contributed by atoms with van der Waals surface area (Å²) in [5.41, 5.74) is 2.01. The van der Waals surface area contributed by atoms with E-state index in [4.69, 9.17) is 4.74 Å². The van der Waals surface area contributed by atoms with Gasteiger partial charge < -0.3 is 19.8 Å². The van der Waals surface area contributed by atoms with Gasteiger partial charge in [0.05, 0.1) is 18.2 Å². The first kappa shape index (κ1) is 18.7. The maximum Gasteiger partial charge on any atom is 0.295 e. The van der Waals surface area contributed by atoms with Gasteiger partial charge in [-0.05, 0) is 24.6 Å². The lowest BCUT2D eigenvalue weighted by Gasteiger charge is -2.25. The zero-order chi connectivity index (χ0) is 19.6. The molecule has 0 radical (unpaired) electrons. The van der Waals surface area contributed by atoms with Crippen LogP contribution < -0.4 is 0 Å². The van der Waals surface area contributed by atoms with Crippen molar-refractivity contribution >= 4 is 17.4 Å². The molecule has 0 aromatic heterocycles. The number of aryl methyl sites for hydroxylation is 1. The number of hydrogen-bond donors (Lipinski definition) is 2. The van der Waals surface area contributed by atoms with E-state index in [0.29, 0.717) is 11.1 Å². The molecule has 1 amide bonds. The molecule has 0 spiro atoms. The van der Waals surface area contributed by atoms with E-state index >= 15 is 0 Å². The molecule has 3 rings (SSSR count). The van der Waals surface area contributed by atoms with Gasteiger partial charge in [0.1, 0.15) is 11.5 Å². The Morgan fingerprint density at radius 2 is 1.85 bits per heavy atom. The number of ether oxygens (including phenoxy) is 1. The van der Waals surface area contributed by atoms with E-state index in [1.54, 1.807) is 24.3 Å². The molecule has 6 nitrogen and oxygen atoms in total. The van der Waals surface area contributed by atoms with Gasteiger partial charge in [0, 0.05) is 19.2 Å². The summed E-state index contributed by atoms with van der Waals surface area (Å²) in [6.07, 6.45) is 0. The Bertz CT molecular complexity index is 901. The zero-order valence-electron chi connectivity index (χ0n) is 15.2. The summed E-state index contributed by atoms with van der Waals surface area (Å²) in [5.74, 6) is -1.67. The number of benzene rings is 2. The van der Waals surface area contributed by atoms with Gasteiger partial charge >= 0.3 is 0 Å². The van der Waals surface area contributed by atoms with Crippen molar-refractivity contribution in [3.8, 4) is 5.75 Å². The van der Waals surface area contributed by atoms with E-state index < -0.39 is 17.7 Å². The van der Waals surface area contributed by atoms with Gasteiger partial charge in [0.2, 0.25) is 0 Å². The molecular weight excluding hydrogens is 346 g/mol. The number of Topliss-reactive ketones (excluding diaryl/α,β-unsaturated/α-hetero) is 1. The van der Waals surface area contributed by atoms with Crippen LogP contribution in [0.1, 0.15) is 22.7 Å². The lowest BCUT2D eigenvalue weighted by molar-refractivity contribution is -0.140. The molecule has 0 aliphatic carbocycles. The van der Waals surface area contributed by atoms with E-state index in [1.165, 1.54) is 24.1 Å². The lowest BCUT2D eigenvalue weighted by atomic mass is 9.95. The molecular formula is C21H21NO5. The third kappa shape index (κ3) is 3.57. The standard InChI is InChI=1S/C21H21NO5/c1-13-6-8-14(9-7-13)19(24)17-18(15-4-3-5-16(23)12-15)22(10-11-27-2)21(26)20(17)25/h3-9,12,18,23-24H,10-11H2,1-2H3/b19-17-. The number of hydrogen-bond acceptors (Lipinski definition) is 5. The number of aliphatic hydroxyl groups is 1. The summed E-state index contributed by atoms with van der Waals surface area (Å²) in [6, 6.07) is 12.6. The highest BCUT2D eigenvalue weighted by molar-refractivity contribution is 6.46. The Morgan fingerprint density at radius 1 is 1.15 bits per heavy atom. The maximum atomic E-state index is 12.7. The average Bonchev–Trinajstić information content (AvgIpc) is 2.91. The molecule has 140 valence electrons. The SMILES string of the molecule is COCCN1C(=O)C(=O)/C(=C(\O)c2ccc(C)cc2)C1c1cccc(O)c1. The first-order valence-corrected chi connectivity index (χ1v) is 8.57. The average molecular weight is 367 g/mol. The number of ketones is 1. The molecule has 1 aliphatic heterocycles. The van der Waals surface area contributed by atoms with E-state index in [1.807, 2.05) is 19.1 Å². The molecule has 2 N–H and O–H groups in total. The second-order valence-corrected chi connectivity index (χ2v) is 6.45. The fraction of sp³-hybridized carbons (Fsp3) is 0.238. The predicted molar refractivity (Wildman–Crippen MR) is 100 cm³/mol. The van der Waals surface area contributed by atoms with Crippen LogP contribution in [0.3, 0.4) is 0 Å². The number of methoxy groups -OCH3 is 1.